The van der Waals surface area contributed by atoms with Crippen LogP contribution in [0.25, 0.3) is 0 Å². The minimum atomic E-state index is 0.115. The number of nitrogens with zero attached hydrogens (tertiary/aromatic N) is 1. The maximum absolute atomic E-state index is 6.08. The van der Waals surface area contributed by atoms with Gasteiger partial charge in [0.25, 0.3) is 0 Å². The summed E-state index contributed by atoms with van der Waals surface area (Å²) >= 11 is 0. The van der Waals surface area contributed by atoms with Crippen LogP contribution in [0.15, 0.2) is 0 Å². The van der Waals surface area contributed by atoms with E-state index in [4.69, 9.17) is 10.5 Å². The molecule has 2 fully saturated rings. The van der Waals surface area contributed by atoms with Gasteiger partial charge in [-0.05, 0) is 39.7 Å². The van der Waals surface area contributed by atoms with Crippen LogP contribution in [0.5, 0.6) is 0 Å². The fourth-order valence-corrected chi connectivity index (χ4v) is 3.47. The molecule has 0 saturated carbocycles. The minimum Gasteiger partial charge on any atom is -0.376 e. The number of likely N-dealkylation sites (tertiary alicyclic amines) is 1. The highest BCUT2D eigenvalue weighted by atomic mass is 16.5. The second-order valence-corrected chi connectivity index (χ2v) is 5.46. The average molecular weight is 226 g/mol. The quantitative estimate of drug-likeness (QED) is 0.779. The van der Waals surface area contributed by atoms with E-state index in [1.807, 2.05) is 0 Å². The number of hydrogen-bond donors (Lipinski definition) is 1. The molecule has 0 amide bonds. The van der Waals surface area contributed by atoms with Crippen LogP contribution >= 0.6 is 0 Å². The summed E-state index contributed by atoms with van der Waals surface area (Å²) < 4.78 is 5.78. The standard InChI is InChI=1S/C13H26N2O/c1-11-6-4-3-5-8-15(11)13(10-14)7-9-16-12(13)2/h11-12H,3-10,14H2,1-2H3. The Morgan fingerprint density at radius 2 is 2.12 bits per heavy atom. The average Bonchev–Trinajstić information content (AvgIpc) is 2.51. The molecule has 3 unspecified atom stereocenters. The summed E-state index contributed by atoms with van der Waals surface area (Å²) in [5.41, 5.74) is 6.20. The summed E-state index contributed by atoms with van der Waals surface area (Å²) in [5.74, 6) is 0. The summed E-state index contributed by atoms with van der Waals surface area (Å²) in [6.07, 6.45) is 6.77. The molecule has 2 heterocycles. The molecule has 0 aliphatic carbocycles. The Balaban J connectivity index is 2.18. The van der Waals surface area contributed by atoms with Crippen molar-refractivity contribution in [2.24, 2.45) is 5.73 Å². The molecule has 2 saturated heterocycles. The molecular weight excluding hydrogens is 200 g/mol. The van der Waals surface area contributed by atoms with E-state index in [0.717, 1.165) is 19.6 Å². The molecule has 2 aliphatic heterocycles. The molecule has 0 aromatic carbocycles. The van der Waals surface area contributed by atoms with Crippen molar-refractivity contribution >= 4 is 0 Å². The highest BCUT2D eigenvalue weighted by Crippen LogP contribution is 2.35. The molecule has 3 atom stereocenters. The minimum absolute atomic E-state index is 0.115. The lowest BCUT2D eigenvalue weighted by Crippen LogP contribution is -2.60. The second kappa shape index (κ2) is 5.03. The van der Waals surface area contributed by atoms with Gasteiger partial charge in [-0.25, -0.2) is 0 Å². The fraction of sp³-hybridized carbons (Fsp3) is 1.00. The molecule has 94 valence electrons. The molecule has 3 nitrogen and oxygen atoms in total. The number of ether oxygens (including phenoxy) is 1. The molecule has 2 aliphatic rings. The second-order valence-electron chi connectivity index (χ2n) is 5.46. The predicted octanol–water partition coefficient (Wildman–Crippen LogP) is 1.76. The Bertz CT molecular complexity index is 234. The lowest BCUT2D eigenvalue weighted by atomic mass is 9.88. The van der Waals surface area contributed by atoms with Crippen molar-refractivity contribution in [3.8, 4) is 0 Å². The van der Waals surface area contributed by atoms with Gasteiger partial charge in [0, 0.05) is 19.2 Å². The summed E-state index contributed by atoms with van der Waals surface area (Å²) in [6.45, 7) is 7.36. The molecule has 0 spiro atoms. The summed E-state index contributed by atoms with van der Waals surface area (Å²) in [5, 5.41) is 0. The van der Waals surface area contributed by atoms with Crippen molar-refractivity contribution in [1.29, 1.82) is 0 Å². The summed E-state index contributed by atoms with van der Waals surface area (Å²) in [4.78, 5) is 2.65. The summed E-state index contributed by atoms with van der Waals surface area (Å²) in [7, 11) is 0. The first-order valence-corrected chi connectivity index (χ1v) is 6.79. The lowest BCUT2D eigenvalue weighted by molar-refractivity contribution is -0.00500. The highest BCUT2D eigenvalue weighted by Gasteiger charge is 2.46. The topological polar surface area (TPSA) is 38.5 Å². The van der Waals surface area contributed by atoms with Crippen LogP contribution < -0.4 is 5.73 Å². The zero-order valence-corrected chi connectivity index (χ0v) is 10.7. The van der Waals surface area contributed by atoms with Gasteiger partial charge in [-0.2, -0.15) is 0 Å². The molecule has 0 radical (unpaired) electrons. The van der Waals surface area contributed by atoms with Gasteiger partial charge >= 0.3 is 0 Å². The Morgan fingerprint density at radius 1 is 1.31 bits per heavy atom. The van der Waals surface area contributed by atoms with Gasteiger partial charge in [-0.1, -0.05) is 12.8 Å². The zero-order chi connectivity index (χ0) is 11.6. The van der Waals surface area contributed by atoms with Crippen LogP contribution in [0.4, 0.5) is 0 Å². The fourth-order valence-electron chi connectivity index (χ4n) is 3.47. The highest BCUT2D eigenvalue weighted by molar-refractivity contribution is 5.02. The van der Waals surface area contributed by atoms with E-state index >= 15 is 0 Å². The van der Waals surface area contributed by atoms with Crippen molar-refractivity contribution in [3.63, 3.8) is 0 Å². The molecule has 0 aromatic rings. The predicted molar refractivity (Wildman–Crippen MR) is 66.5 cm³/mol. The van der Waals surface area contributed by atoms with E-state index in [-0.39, 0.29) is 11.6 Å². The van der Waals surface area contributed by atoms with E-state index in [1.165, 1.54) is 32.2 Å². The largest absolute Gasteiger partial charge is 0.376 e. The Morgan fingerprint density at radius 3 is 2.75 bits per heavy atom. The van der Waals surface area contributed by atoms with Crippen molar-refractivity contribution in [2.45, 2.75) is 63.6 Å². The van der Waals surface area contributed by atoms with Gasteiger partial charge in [0.05, 0.1) is 11.6 Å². The summed E-state index contributed by atoms with van der Waals surface area (Å²) in [6, 6.07) is 0.662. The molecule has 2 rings (SSSR count). The third-order valence-electron chi connectivity index (χ3n) is 4.64. The van der Waals surface area contributed by atoms with E-state index in [0.29, 0.717) is 6.04 Å². The van der Waals surface area contributed by atoms with Crippen LogP contribution in [-0.2, 0) is 4.74 Å². The molecule has 0 aromatic heterocycles. The Labute approximate surface area is 99.3 Å². The van der Waals surface area contributed by atoms with Crippen LogP contribution in [0.1, 0.15) is 46.0 Å². The number of rotatable bonds is 2. The Hall–Kier alpha value is -0.120. The van der Waals surface area contributed by atoms with Crippen LogP contribution in [-0.4, -0.2) is 42.3 Å². The van der Waals surface area contributed by atoms with Crippen molar-refractivity contribution in [3.05, 3.63) is 0 Å². The van der Waals surface area contributed by atoms with E-state index in [1.54, 1.807) is 0 Å². The van der Waals surface area contributed by atoms with E-state index in [2.05, 4.69) is 18.7 Å². The number of nitrogens with two attached hydrogens (primary N) is 1. The van der Waals surface area contributed by atoms with Crippen molar-refractivity contribution in [2.75, 3.05) is 19.7 Å². The van der Waals surface area contributed by atoms with Crippen LogP contribution in [0.3, 0.4) is 0 Å². The molecule has 3 heteroatoms. The zero-order valence-electron chi connectivity index (χ0n) is 10.7. The van der Waals surface area contributed by atoms with Gasteiger partial charge in [0.2, 0.25) is 0 Å². The maximum atomic E-state index is 6.08. The van der Waals surface area contributed by atoms with Gasteiger partial charge in [-0.3, -0.25) is 4.90 Å². The third-order valence-corrected chi connectivity index (χ3v) is 4.64. The smallest absolute Gasteiger partial charge is 0.0743 e. The van der Waals surface area contributed by atoms with Crippen molar-refractivity contribution < 1.29 is 4.74 Å². The van der Waals surface area contributed by atoms with E-state index in [9.17, 15) is 0 Å². The maximum Gasteiger partial charge on any atom is 0.0743 e. The first kappa shape index (κ1) is 12.3. The van der Waals surface area contributed by atoms with Gasteiger partial charge in [0.15, 0.2) is 0 Å². The molecule has 2 N–H and O–H groups in total. The monoisotopic (exact) mass is 226 g/mol. The first-order chi connectivity index (χ1) is 7.70. The van der Waals surface area contributed by atoms with E-state index < -0.39 is 0 Å². The lowest BCUT2D eigenvalue weighted by Gasteiger charge is -2.45. The molecular formula is C13H26N2O. The Kier molecular flexibility index (Phi) is 3.88. The molecule has 0 bridgehead atoms. The SMILES string of the molecule is CC1CCCCCN1C1(CN)CCOC1C. The normalized spacial score (nSPS) is 42.2. The van der Waals surface area contributed by atoms with Gasteiger partial charge < -0.3 is 10.5 Å². The third kappa shape index (κ3) is 2.01. The van der Waals surface area contributed by atoms with Crippen molar-refractivity contribution in [1.82, 2.24) is 4.90 Å². The van der Waals surface area contributed by atoms with Crippen LogP contribution in [0, 0.1) is 0 Å². The first-order valence-electron chi connectivity index (χ1n) is 6.79. The molecule has 16 heavy (non-hydrogen) atoms. The van der Waals surface area contributed by atoms with Gasteiger partial charge in [0.1, 0.15) is 0 Å². The van der Waals surface area contributed by atoms with Gasteiger partial charge in [-0.15, -0.1) is 0 Å². The number of hydrogen-bond acceptors (Lipinski definition) is 3. The van der Waals surface area contributed by atoms with Crippen LogP contribution in [0.2, 0.25) is 0 Å².